The maximum absolute atomic E-state index is 5.79. The molecule has 3 nitrogen and oxygen atoms in total. The topological polar surface area (TPSA) is 24.5 Å². The molecule has 2 fully saturated rings. The van der Waals surface area contributed by atoms with Crippen LogP contribution in [0.15, 0.2) is 0 Å². The summed E-state index contributed by atoms with van der Waals surface area (Å²) in [4.78, 5) is 2.71. The van der Waals surface area contributed by atoms with Gasteiger partial charge in [-0.05, 0) is 52.0 Å². The summed E-state index contributed by atoms with van der Waals surface area (Å²) in [5.74, 6) is 1.70. The Morgan fingerprint density at radius 3 is 2.58 bits per heavy atom. The molecule has 2 aliphatic rings. The molecule has 1 aliphatic heterocycles. The number of rotatable bonds is 3. The molecule has 1 saturated carbocycles. The van der Waals surface area contributed by atoms with Crippen LogP contribution in [-0.4, -0.2) is 49.3 Å². The van der Waals surface area contributed by atoms with Crippen LogP contribution < -0.4 is 5.32 Å². The van der Waals surface area contributed by atoms with E-state index in [0.717, 1.165) is 25.0 Å². The lowest BCUT2D eigenvalue weighted by molar-refractivity contribution is -0.0809. The Morgan fingerprint density at radius 2 is 1.95 bits per heavy atom. The van der Waals surface area contributed by atoms with Crippen molar-refractivity contribution < 1.29 is 4.74 Å². The molecule has 5 unspecified atom stereocenters. The smallest absolute Gasteiger partial charge is 0.0674 e. The Hall–Kier alpha value is -0.120. The number of ether oxygens (including phenoxy) is 1. The lowest BCUT2D eigenvalue weighted by Gasteiger charge is -2.48. The quantitative estimate of drug-likeness (QED) is 0.851. The van der Waals surface area contributed by atoms with Gasteiger partial charge in [-0.3, -0.25) is 4.90 Å². The fraction of sp³-hybridized carbons (Fsp3) is 1.00. The third-order valence-electron chi connectivity index (χ3n) is 5.25. The van der Waals surface area contributed by atoms with Crippen molar-refractivity contribution in [3.8, 4) is 0 Å². The standard InChI is InChI=1S/C16H32N2O/c1-11(2)14-6-7-15(17-5)16(8-14)18-9-13(4)19-10-12(18)3/h11-17H,6-10H2,1-5H3. The van der Waals surface area contributed by atoms with E-state index in [0.29, 0.717) is 24.2 Å². The average Bonchev–Trinajstić information content (AvgIpc) is 2.40. The van der Waals surface area contributed by atoms with Gasteiger partial charge in [0.15, 0.2) is 0 Å². The van der Waals surface area contributed by atoms with Gasteiger partial charge in [-0.1, -0.05) is 13.8 Å². The Bertz CT molecular complexity index is 282. The molecule has 0 amide bonds. The van der Waals surface area contributed by atoms with Gasteiger partial charge in [-0.25, -0.2) is 0 Å². The van der Waals surface area contributed by atoms with E-state index in [4.69, 9.17) is 4.74 Å². The van der Waals surface area contributed by atoms with E-state index in [9.17, 15) is 0 Å². The number of nitrogens with one attached hydrogen (secondary N) is 1. The van der Waals surface area contributed by atoms with Crippen molar-refractivity contribution in [2.45, 2.75) is 71.2 Å². The molecule has 3 heteroatoms. The van der Waals surface area contributed by atoms with Crippen LogP contribution in [0, 0.1) is 11.8 Å². The van der Waals surface area contributed by atoms with Gasteiger partial charge in [0.1, 0.15) is 0 Å². The van der Waals surface area contributed by atoms with E-state index >= 15 is 0 Å². The molecule has 1 saturated heterocycles. The molecule has 0 bridgehead atoms. The van der Waals surface area contributed by atoms with Crippen molar-refractivity contribution in [1.29, 1.82) is 0 Å². The van der Waals surface area contributed by atoms with Crippen molar-refractivity contribution in [2.75, 3.05) is 20.2 Å². The summed E-state index contributed by atoms with van der Waals surface area (Å²) in [5, 5.41) is 3.56. The number of hydrogen-bond acceptors (Lipinski definition) is 3. The lowest BCUT2D eigenvalue weighted by Crippen LogP contribution is -2.60. The Labute approximate surface area is 119 Å². The molecule has 1 heterocycles. The predicted molar refractivity (Wildman–Crippen MR) is 80.4 cm³/mol. The van der Waals surface area contributed by atoms with Crippen molar-refractivity contribution in [3.63, 3.8) is 0 Å². The van der Waals surface area contributed by atoms with Crippen LogP contribution in [0.3, 0.4) is 0 Å². The van der Waals surface area contributed by atoms with Gasteiger partial charge < -0.3 is 10.1 Å². The first-order valence-electron chi connectivity index (χ1n) is 8.07. The van der Waals surface area contributed by atoms with E-state index in [1.165, 1.54) is 19.3 Å². The summed E-state index contributed by atoms with van der Waals surface area (Å²) in [6.07, 6.45) is 4.43. The highest BCUT2D eigenvalue weighted by Crippen LogP contribution is 2.34. The number of likely N-dealkylation sites (N-methyl/N-ethyl adjacent to an activating group) is 1. The van der Waals surface area contributed by atoms with Crippen LogP contribution in [-0.2, 0) is 4.74 Å². The Balaban J connectivity index is 2.08. The molecule has 0 spiro atoms. The maximum atomic E-state index is 5.79. The summed E-state index contributed by atoms with van der Waals surface area (Å²) < 4.78 is 5.79. The molecule has 0 aromatic rings. The zero-order valence-corrected chi connectivity index (χ0v) is 13.4. The van der Waals surface area contributed by atoms with Gasteiger partial charge in [-0.2, -0.15) is 0 Å². The largest absolute Gasteiger partial charge is 0.376 e. The molecule has 0 radical (unpaired) electrons. The second-order valence-electron chi connectivity index (χ2n) is 6.97. The van der Waals surface area contributed by atoms with E-state index in [2.05, 4.69) is 45.0 Å². The van der Waals surface area contributed by atoms with Gasteiger partial charge in [0.25, 0.3) is 0 Å². The zero-order chi connectivity index (χ0) is 14.0. The van der Waals surface area contributed by atoms with Crippen molar-refractivity contribution in [2.24, 2.45) is 11.8 Å². The van der Waals surface area contributed by atoms with Crippen LogP contribution in [0.5, 0.6) is 0 Å². The molecule has 0 aromatic heterocycles. The summed E-state index contributed by atoms with van der Waals surface area (Å²) in [5.41, 5.74) is 0. The second kappa shape index (κ2) is 6.55. The summed E-state index contributed by atoms with van der Waals surface area (Å²) in [6, 6.07) is 1.90. The van der Waals surface area contributed by atoms with E-state index in [-0.39, 0.29) is 0 Å². The highest BCUT2D eigenvalue weighted by molar-refractivity contribution is 4.94. The molecule has 1 N–H and O–H groups in total. The van der Waals surface area contributed by atoms with Crippen LogP contribution in [0.2, 0.25) is 0 Å². The number of morpholine rings is 1. The van der Waals surface area contributed by atoms with Crippen LogP contribution in [0.4, 0.5) is 0 Å². The van der Waals surface area contributed by atoms with Gasteiger partial charge in [-0.15, -0.1) is 0 Å². The monoisotopic (exact) mass is 268 g/mol. The minimum atomic E-state index is 0.383. The zero-order valence-electron chi connectivity index (χ0n) is 13.4. The van der Waals surface area contributed by atoms with Crippen LogP contribution >= 0.6 is 0 Å². The maximum Gasteiger partial charge on any atom is 0.0674 e. The third kappa shape index (κ3) is 3.50. The van der Waals surface area contributed by atoms with Gasteiger partial charge >= 0.3 is 0 Å². The molecular formula is C16H32N2O. The minimum absolute atomic E-state index is 0.383. The average molecular weight is 268 g/mol. The second-order valence-corrected chi connectivity index (χ2v) is 6.97. The first-order valence-corrected chi connectivity index (χ1v) is 8.07. The van der Waals surface area contributed by atoms with E-state index < -0.39 is 0 Å². The number of hydrogen-bond donors (Lipinski definition) is 1. The highest BCUT2D eigenvalue weighted by atomic mass is 16.5. The van der Waals surface area contributed by atoms with E-state index in [1.807, 2.05) is 0 Å². The predicted octanol–water partition coefficient (Wildman–Crippen LogP) is 2.51. The minimum Gasteiger partial charge on any atom is -0.376 e. The van der Waals surface area contributed by atoms with Crippen molar-refractivity contribution in [3.05, 3.63) is 0 Å². The van der Waals surface area contributed by atoms with Gasteiger partial charge in [0, 0.05) is 24.7 Å². The molecule has 5 atom stereocenters. The van der Waals surface area contributed by atoms with Gasteiger partial charge in [0.2, 0.25) is 0 Å². The normalized spacial score (nSPS) is 41.7. The van der Waals surface area contributed by atoms with Crippen LogP contribution in [0.1, 0.15) is 47.0 Å². The number of nitrogens with zero attached hydrogens (tertiary/aromatic N) is 1. The Morgan fingerprint density at radius 1 is 1.21 bits per heavy atom. The summed E-state index contributed by atoms with van der Waals surface area (Å²) in [6.45, 7) is 11.3. The van der Waals surface area contributed by atoms with E-state index in [1.54, 1.807) is 0 Å². The fourth-order valence-electron chi connectivity index (χ4n) is 3.88. The molecule has 0 aromatic carbocycles. The Kier molecular flexibility index (Phi) is 5.27. The first-order chi connectivity index (χ1) is 9.02. The fourth-order valence-corrected chi connectivity index (χ4v) is 3.88. The van der Waals surface area contributed by atoms with Gasteiger partial charge in [0.05, 0.1) is 12.7 Å². The van der Waals surface area contributed by atoms with Crippen molar-refractivity contribution in [1.82, 2.24) is 10.2 Å². The summed E-state index contributed by atoms with van der Waals surface area (Å²) >= 11 is 0. The first kappa shape index (κ1) is 15.3. The summed E-state index contributed by atoms with van der Waals surface area (Å²) in [7, 11) is 2.13. The molecular weight excluding hydrogens is 236 g/mol. The van der Waals surface area contributed by atoms with Crippen LogP contribution in [0.25, 0.3) is 0 Å². The third-order valence-corrected chi connectivity index (χ3v) is 5.25. The lowest BCUT2D eigenvalue weighted by atomic mass is 9.76. The molecule has 19 heavy (non-hydrogen) atoms. The van der Waals surface area contributed by atoms with Crippen molar-refractivity contribution >= 4 is 0 Å². The molecule has 1 aliphatic carbocycles. The highest BCUT2D eigenvalue weighted by Gasteiger charge is 2.38. The molecule has 2 rings (SSSR count). The molecule has 112 valence electrons. The SMILES string of the molecule is CNC1CCC(C(C)C)CC1N1CC(C)OCC1C.